The van der Waals surface area contributed by atoms with E-state index < -0.39 is 0 Å². The van der Waals surface area contributed by atoms with Crippen molar-refractivity contribution in [2.45, 2.75) is 25.7 Å². The fraction of sp³-hybridized carbons (Fsp3) is 0.533. The molecule has 4 nitrogen and oxygen atoms in total. The van der Waals surface area contributed by atoms with Crippen LogP contribution in [0.15, 0.2) is 24.5 Å². The smallest absolute Gasteiger partial charge is 0.140 e. The number of aromatic nitrogens is 2. The lowest BCUT2D eigenvalue weighted by molar-refractivity contribution is 0.231. The zero-order valence-corrected chi connectivity index (χ0v) is 11.5. The molecule has 0 radical (unpaired) electrons. The average molecular weight is 259 g/mol. The number of imidazole rings is 1. The normalized spacial score (nSPS) is 16.9. The summed E-state index contributed by atoms with van der Waals surface area (Å²) in [5.41, 5.74) is 2.13. The van der Waals surface area contributed by atoms with Crippen LogP contribution in [0.5, 0.6) is 5.75 Å². The molecule has 3 heterocycles. The zero-order valence-electron chi connectivity index (χ0n) is 11.5. The molecule has 0 saturated carbocycles. The first kappa shape index (κ1) is 12.5. The molecular weight excluding hydrogens is 238 g/mol. The molecule has 2 aromatic heterocycles. The second-order valence-corrected chi connectivity index (χ2v) is 5.22. The number of fused-ring (bicyclic) bond motifs is 1. The number of likely N-dealkylation sites (tertiary alicyclic amines) is 1. The number of piperidine rings is 1. The van der Waals surface area contributed by atoms with Gasteiger partial charge in [-0.1, -0.05) is 6.42 Å². The first-order valence-corrected chi connectivity index (χ1v) is 7.09. The molecule has 0 N–H and O–H groups in total. The highest BCUT2D eigenvalue weighted by molar-refractivity contribution is 5.45. The third kappa shape index (κ3) is 2.89. The van der Waals surface area contributed by atoms with Crippen LogP contribution in [-0.4, -0.2) is 41.0 Å². The molecule has 0 unspecified atom stereocenters. The Kier molecular flexibility index (Phi) is 3.69. The maximum absolute atomic E-state index is 5.23. The summed E-state index contributed by atoms with van der Waals surface area (Å²) in [4.78, 5) is 7.21. The van der Waals surface area contributed by atoms with Gasteiger partial charge >= 0.3 is 0 Å². The predicted octanol–water partition coefficient (Wildman–Crippen LogP) is 2.37. The molecule has 1 aliphatic heterocycles. The van der Waals surface area contributed by atoms with E-state index in [0.717, 1.165) is 24.4 Å². The predicted molar refractivity (Wildman–Crippen MR) is 75.7 cm³/mol. The number of pyridine rings is 1. The molecule has 0 spiro atoms. The summed E-state index contributed by atoms with van der Waals surface area (Å²) in [6.07, 6.45) is 9.25. The van der Waals surface area contributed by atoms with Gasteiger partial charge < -0.3 is 14.0 Å². The maximum atomic E-state index is 5.23. The van der Waals surface area contributed by atoms with Crippen LogP contribution in [0.1, 0.15) is 25.0 Å². The second-order valence-electron chi connectivity index (χ2n) is 5.22. The van der Waals surface area contributed by atoms with Gasteiger partial charge in [0.05, 0.1) is 12.8 Å². The van der Waals surface area contributed by atoms with Gasteiger partial charge in [0.2, 0.25) is 0 Å². The van der Waals surface area contributed by atoms with E-state index in [9.17, 15) is 0 Å². The van der Waals surface area contributed by atoms with Gasteiger partial charge in [-0.05, 0) is 32.0 Å². The van der Waals surface area contributed by atoms with Gasteiger partial charge in [0.15, 0.2) is 0 Å². The molecule has 1 aliphatic rings. The Labute approximate surface area is 114 Å². The van der Waals surface area contributed by atoms with Crippen molar-refractivity contribution < 1.29 is 4.74 Å². The summed E-state index contributed by atoms with van der Waals surface area (Å²) in [6.45, 7) is 3.63. The molecule has 0 aromatic carbocycles. The minimum atomic E-state index is 0.862. The Hall–Kier alpha value is -1.55. The summed E-state index contributed by atoms with van der Waals surface area (Å²) < 4.78 is 7.29. The first-order chi connectivity index (χ1) is 9.35. The molecule has 0 aliphatic carbocycles. The van der Waals surface area contributed by atoms with Crippen LogP contribution in [0, 0.1) is 0 Å². The summed E-state index contributed by atoms with van der Waals surface area (Å²) in [6, 6.07) is 3.94. The van der Waals surface area contributed by atoms with Crippen LogP contribution in [-0.2, 0) is 6.42 Å². The van der Waals surface area contributed by atoms with Gasteiger partial charge in [0.1, 0.15) is 11.4 Å². The zero-order chi connectivity index (χ0) is 13.1. The molecule has 4 heteroatoms. The van der Waals surface area contributed by atoms with Gasteiger partial charge in [-0.3, -0.25) is 0 Å². The highest BCUT2D eigenvalue weighted by Crippen LogP contribution is 2.15. The van der Waals surface area contributed by atoms with E-state index in [-0.39, 0.29) is 0 Å². The van der Waals surface area contributed by atoms with Gasteiger partial charge in [0, 0.05) is 31.4 Å². The number of nitrogens with zero attached hydrogens (tertiary/aromatic N) is 3. The van der Waals surface area contributed by atoms with E-state index in [4.69, 9.17) is 4.74 Å². The van der Waals surface area contributed by atoms with Crippen molar-refractivity contribution >= 4 is 5.65 Å². The topological polar surface area (TPSA) is 29.8 Å². The summed E-state index contributed by atoms with van der Waals surface area (Å²) in [5, 5.41) is 0. The van der Waals surface area contributed by atoms with Gasteiger partial charge in [-0.25, -0.2) is 4.98 Å². The van der Waals surface area contributed by atoms with Gasteiger partial charge in [0.25, 0.3) is 0 Å². The van der Waals surface area contributed by atoms with Crippen molar-refractivity contribution in [3.8, 4) is 5.75 Å². The van der Waals surface area contributed by atoms with Crippen LogP contribution in [0.25, 0.3) is 5.65 Å². The quantitative estimate of drug-likeness (QED) is 0.844. The highest BCUT2D eigenvalue weighted by Gasteiger charge is 2.10. The Morgan fingerprint density at radius 3 is 2.89 bits per heavy atom. The van der Waals surface area contributed by atoms with Crippen LogP contribution >= 0.6 is 0 Å². The molecular formula is C15H21N3O. The minimum absolute atomic E-state index is 0.862. The summed E-state index contributed by atoms with van der Waals surface area (Å²) in [7, 11) is 1.69. The van der Waals surface area contributed by atoms with Crippen molar-refractivity contribution in [2.24, 2.45) is 0 Å². The number of ether oxygens (including phenoxy) is 1. The Morgan fingerprint density at radius 2 is 2.11 bits per heavy atom. The van der Waals surface area contributed by atoms with E-state index in [1.807, 2.05) is 18.3 Å². The lowest BCUT2D eigenvalue weighted by atomic mass is 10.1. The number of hydrogen-bond acceptors (Lipinski definition) is 3. The fourth-order valence-corrected chi connectivity index (χ4v) is 2.72. The molecule has 102 valence electrons. The third-order valence-corrected chi connectivity index (χ3v) is 3.85. The molecule has 1 fully saturated rings. The number of methoxy groups -OCH3 is 1. The Morgan fingerprint density at radius 1 is 1.26 bits per heavy atom. The molecule has 19 heavy (non-hydrogen) atoms. The van der Waals surface area contributed by atoms with Gasteiger partial charge in [-0.2, -0.15) is 0 Å². The van der Waals surface area contributed by atoms with E-state index in [2.05, 4.69) is 20.5 Å². The van der Waals surface area contributed by atoms with Crippen LogP contribution in [0.3, 0.4) is 0 Å². The molecule has 0 bridgehead atoms. The second kappa shape index (κ2) is 5.61. The van der Waals surface area contributed by atoms with E-state index in [1.165, 1.54) is 38.0 Å². The highest BCUT2D eigenvalue weighted by atomic mass is 16.5. The van der Waals surface area contributed by atoms with Crippen molar-refractivity contribution in [3.63, 3.8) is 0 Å². The first-order valence-electron chi connectivity index (χ1n) is 7.09. The van der Waals surface area contributed by atoms with E-state index >= 15 is 0 Å². The van der Waals surface area contributed by atoms with Crippen molar-refractivity contribution in [3.05, 3.63) is 30.2 Å². The molecule has 3 rings (SSSR count). The Bertz CT molecular complexity index is 543. The SMILES string of the molecule is COc1ccn2cc(CCN3CCCCC3)nc2c1. The average Bonchev–Trinajstić information content (AvgIpc) is 2.88. The molecule has 2 aromatic rings. The maximum Gasteiger partial charge on any atom is 0.140 e. The van der Waals surface area contributed by atoms with Crippen molar-refractivity contribution in [2.75, 3.05) is 26.7 Å². The third-order valence-electron chi connectivity index (χ3n) is 3.85. The summed E-state index contributed by atoms with van der Waals surface area (Å²) >= 11 is 0. The lowest BCUT2D eigenvalue weighted by Gasteiger charge is -2.25. The van der Waals surface area contributed by atoms with E-state index in [0.29, 0.717) is 0 Å². The van der Waals surface area contributed by atoms with E-state index in [1.54, 1.807) is 7.11 Å². The van der Waals surface area contributed by atoms with Crippen molar-refractivity contribution in [1.82, 2.24) is 14.3 Å². The Balaban J connectivity index is 1.67. The van der Waals surface area contributed by atoms with Crippen LogP contribution in [0.2, 0.25) is 0 Å². The van der Waals surface area contributed by atoms with Crippen molar-refractivity contribution in [1.29, 1.82) is 0 Å². The standard InChI is InChI=1S/C15H21N3O/c1-19-14-6-10-18-12-13(16-15(18)11-14)5-9-17-7-3-2-4-8-17/h6,10-12H,2-5,7-9H2,1H3. The lowest BCUT2D eigenvalue weighted by Crippen LogP contribution is -2.31. The molecule has 0 atom stereocenters. The fourth-order valence-electron chi connectivity index (χ4n) is 2.72. The van der Waals surface area contributed by atoms with Gasteiger partial charge in [-0.15, -0.1) is 0 Å². The molecule has 0 amide bonds. The van der Waals surface area contributed by atoms with Crippen LogP contribution in [0.4, 0.5) is 0 Å². The summed E-state index contributed by atoms with van der Waals surface area (Å²) in [5.74, 6) is 0.862. The number of rotatable bonds is 4. The minimum Gasteiger partial charge on any atom is -0.497 e. The monoisotopic (exact) mass is 259 g/mol. The number of hydrogen-bond donors (Lipinski definition) is 0. The van der Waals surface area contributed by atoms with Crippen LogP contribution < -0.4 is 4.74 Å². The molecule has 1 saturated heterocycles. The largest absolute Gasteiger partial charge is 0.497 e.